The van der Waals surface area contributed by atoms with Crippen LogP contribution in [0.4, 0.5) is 9.59 Å². The van der Waals surface area contributed by atoms with E-state index in [9.17, 15) is 27.9 Å². The van der Waals surface area contributed by atoms with Crippen molar-refractivity contribution in [2.24, 2.45) is 5.92 Å². The Morgan fingerprint density at radius 2 is 1.74 bits per heavy atom. The van der Waals surface area contributed by atoms with E-state index in [1.165, 1.54) is 12.1 Å². The molecule has 1 unspecified atom stereocenters. The molecule has 1 fully saturated rings. The van der Waals surface area contributed by atoms with Crippen molar-refractivity contribution in [2.75, 3.05) is 6.54 Å². The number of imide groups is 1. The van der Waals surface area contributed by atoms with Gasteiger partial charge in [-0.1, -0.05) is 26.0 Å². The molecule has 3 rings (SSSR count). The molecule has 0 bridgehead atoms. The van der Waals surface area contributed by atoms with Crippen molar-refractivity contribution in [3.05, 3.63) is 41.0 Å². The molecule has 35 heavy (non-hydrogen) atoms. The van der Waals surface area contributed by atoms with Crippen molar-refractivity contribution in [3.8, 4) is 0 Å². The van der Waals surface area contributed by atoms with Crippen molar-refractivity contribution in [2.45, 2.75) is 76.5 Å². The molecule has 4 N–H and O–H groups in total. The van der Waals surface area contributed by atoms with Crippen LogP contribution < -0.4 is 15.4 Å². The minimum atomic E-state index is -4.02. The number of hydrogen-bond donors (Lipinski definition) is 4. The first-order valence-electron chi connectivity index (χ1n) is 11.9. The van der Waals surface area contributed by atoms with Crippen LogP contribution in [0.2, 0.25) is 0 Å². The van der Waals surface area contributed by atoms with E-state index in [1.807, 2.05) is 0 Å². The number of carbonyl (C=O) groups excluding carboxylic acids is 3. The van der Waals surface area contributed by atoms with Crippen molar-refractivity contribution in [3.63, 3.8) is 0 Å². The van der Waals surface area contributed by atoms with Gasteiger partial charge in [0.05, 0.1) is 4.90 Å². The average molecular weight is 507 g/mol. The molecule has 192 valence electrons. The van der Waals surface area contributed by atoms with E-state index in [4.69, 9.17) is 0 Å². The summed E-state index contributed by atoms with van der Waals surface area (Å²) in [5.41, 5.74) is 1.65. The van der Waals surface area contributed by atoms with E-state index in [2.05, 4.69) is 22.3 Å². The molecule has 1 aliphatic heterocycles. The Kier molecular flexibility index (Phi) is 8.55. The molecule has 0 aromatic heterocycles. The monoisotopic (exact) mass is 506 g/mol. The van der Waals surface area contributed by atoms with E-state index in [0.29, 0.717) is 29.9 Å². The van der Waals surface area contributed by atoms with Crippen molar-refractivity contribution in [1.82, 2.24) is 20.3 Å². The fourth-order valence-corrected chi connectivity index (χ4v) is 5.36. The van der Waals surface area contributed by atoms with Gasteiger partial charge in [0.15, 0.2) is 6.23 Å². The highest BCUT2D eigenvalue weighted by atomic mass is 32.2. The van der Waals surface area contributed by atoms with Crippen LogP contribution in [-0.2, 0) is 21.2 Å². The molecule has 1 aromatic carbocycles. The van der Waals surface area contributed by atoms with Crippen molar-refractivity contribution < 1.29 is 27.9 Å². The lowest BCUT2D eigenvalue weighted by Crippen LogP contribution is -2.47. The fourth-order valence-electron chi connectivity index (χ4n) is 4.44. The predicted molar refractivity (Wildman–Crippen MR) is 130 cm³/mol. The van der Waals surface area contributed by atoms with Crippen LogP contribution in [0.5, 0.6) is 0 Å². The number of benzene rings is 1. The van der Waals surface area contributed by atoms with Gasteiger partial charge in [0.25, 0.3) is 15.9 Å². The third-order valence-electron chi connectivity index (χ3n) is 6.66. The topological polar surface area (TPSA) is 145 Å². The highest BCUT2D eigenvalue weighted by molar-refractivity contribution is 7.90. The summed E-state index contributed by atoms with van der Waals surface area (Å²) in [6.07, 6.45) is 3.22. The standard InChI is InChI=1S/C24H34N4O6S/c1-4-20-16(3)21(29)28(22(20)30)24(32)25-14-13-17-7-11-19(12-8-17)35(33,34)27-23(31)26-18-9-5-15(2)6-10-18/h7-8,11-12,15,18,21,29H,4-6,9-10,13-14H2,1-3H3,(H,25,32)(H2,26,27,31). The van der Waals surface area contributed by atoms with E-state index >= 15 is 0 Å². The number of nitrogens with one attached hydrogen (secondary N) is 3. The summed E-state index contributed by atoms with van der Waals surface area (Å²) in [5.74, 6) is 0.121. The molecule has 1 heterocycles. The number of sulfonamides is 1. The average Bonchev–Trinajstić information content (AvgIpc) is 3.02. The number of carbonyl (C=O) groups is 3. The molecule has 1 aromatic rings. The molecule has 5 amide bonds. The molecule has 1 saturated carbocycles. The lowest BCUT2D eigenvalue weighted by molar-refractivity contribution is -0.127. The zero-order valence-corrected chi connectivity index (χ0v) is 21.2. The lowest BCUT2D eigenvalue weighted by Gasteiger charge is -2.26. The van der Waals surface area contributed by atoms with Crippen LogP contribution in [0.25, 0.3) is 0 Å². The summed E-state index contributed by atoms with van der Waals surface area (Å²) < 4.78 is 27.1. The SMILES string of the molecule is CCC1=C(C)C(O)N(C(=O)NCCc2ccc(S(=O)(=O)NC(=O)NC3CCC(C)CC3)cc2)C1=O. The van der Waals surface area contributed by atoms with Crippen LogP contribution >= 0.6 is 0 Å². The van der Waals surface area contributed by atoms with Gasteiger partial charge >= 0.3 is 12.1 Å². The molecule has 2 aliphatic rings. The normalized spacial score (nSPS) is 22.8. The molecule has 10 nitrogen and oxygen atoms in total. The molecular weight excluding hydrogens is 472 g/mol. The number of rotatable bonds is 7. The Balaban J connectivity index is 1.48. The Hall–Kier alpha value is -2.92. The second-order valence-corrected chi connectivity index (χ2v) is 10.9. The fraction of sp³-hybridized carbons (Fsp3) is 0.542. The number of hydrogen-bond acceptors (Lipinski definition) is 6. The van der Waals surface area contributed by atoms with Gasteiger partial charge in [-0.05, 0) is 74.6 Å². The summed E-state index contributed by atoms with van der Waals surface area (Å²) in [6, 6.07) is 4.53. The van der Waals surface area contributed by atoms with Gasteiger partial charge < -0.3 is 15.7 Å². The molecule has 0 saturated heterocycles. The third kappa shape index (κ3) is 6.40. The van der Waals surface area contributed by atoms with Gasteiger partial charge in [-0.3, -0.25) is 4.79 Å². The van der Waals surface area contributed by atoms with Crippen molar-refractivity contribution in [1.29, 1.82) is 0 Å². The molecular formula is C24H34N4O6S. The summed E-state index contributed by atoms with van der Waals surface area (Å²) in [6.45, 7) is 5.76. The number of nitrogens with zero attached hydrogens (tertiary/aromatic N) is 1. The Morgan fingerprint density at radius 1 is 1.11 bits per heavy atom. The first-order chi connectivity index (χ1) is 16.5. The van der Waals surface area contributed by atoms with Crippen molar-refractivity contribution >= 4 is 28.0 Å². The van der Waals surface area contributed by atoms with Gasteiger partial charge in [0.1, 0.15) is 0 Å². The maximum absolute atomic E-state index is 12.5. The van der Waals surface area contributed by atoms with Crippen LogP contribution in [-0.4, -0.2) is 55.2 Å². The summed E-state index contributed by atoms with van der Waals surface area (Å²) in [5, 5.41) is 15.5. The summed E-state index contributed by atoms with van der Waals surface area (Å²) >= 11 is 0. The van der Waals surface area contributed by atoms with Gasteiger partial charge in [-0.15, -0.1) is 0 Å². The Morgan fingerprint density at radius 3 is 2.31 bits per heavy atom. The van der Waals surface area contributed by atoms with E-state index in [1.54, 1.807) is 26.0 Å². The molecule has 0 radical (unpaired) electrons. The van der Waals surface area contributed by atoms with Crippen LogP contribution in [0.1, 0.15) is 58.4 Å². The minimum absolute atomic E-state index is 0.0239. The van der Waals surface area contributed by atoms with Crippen LogP contribution in [0.3, 0.4) is 0 Å². The van der Waals surface area contributed by atoms with E-state index in [0.717, 1.165) is 36.1 Å². The molecule has 1 aliphatic carbocycles. The number of aliphatic hydroxyl groups excluding tert-OH is 1. The number of amides is 5. The lowest BCUT2D eigenvalue weighted by atomic mass is 9.87. The van der Waals surface area contributed by atoms with Crippen LogP contribution in [0.15, 0.2) is 40.3 Å². The zero-order valence-electron chi connectivity index (χ0n) is 20.3. The molecule has 0 spiro atoms. The van der Waals surface area contributed by atoms with Gasteiger partial charge in [0, 0.05) is 18.2 Å². The minimum Gasteiger partial charge on any atom is -0.369 e. The highest BCUT2D eigenvalue weighted by Crippen LogP contribution is 2.26. The highest BCUT2D eigenvalue weighted by Gasteiger charge is 2.38. The van der Waals surface area contributed by atoms with Crippen LogP contribution in [0, 0.1) is 5.92 Å². The summed E-state index contributed by atoms with van der Waals surface area (Å²) in [7, 11) is -4.02. The Bertz CT molecular complexity index is 1090. The number of urea groups is 2. The second kappa shape index (κ2) is 11.2. The molecule has 1 atom stereocenters. The first kappa shape index (κ1) is 26.7. The van der Waals surface area contributed by atoms with E-state index < -0.39 is 34.2 Å². The smallest absolute Gasteiger partial charge is 0.328 e. The van der Waals surface area contributed by atoms with Gasteiger partial charge in [-0.25, -0.2) is 27.6 Å². The van der Waals surface area contributed by atoms with Gasteiger partial charge in [-0.2, -0.15) is 0 Å². The predicted octanol–water partition coefficient (Wildman–Crippen LogP) is 2.39. The quantitative estimate of drug-likeness (QED) is 0.447. The zero-order chi connectivity index (χ0) is 25.8. The molecule has 11 heteroatoms. The number of aliphatic hydroxyl groups is 1. The largest absolute Gasteiger partial charge is 0.369 e. The third-order valence-corrected chi connectivity index (χ3v) is 8.01. The maximum atomic E-state index is 12.5. The maximum Gasteiger partial charge on any atom is 0.328 e. The first-order valence-corrected chi connectivity index (χ1v) is 13.4. The van der Waals surface area contributed by atoms with Gasteiger partial charge in [0.2, 0.25) is 0 Å². The Labute approximate surface area is 206 Å². The second-order valence-electron chi connectivity index (χ2n) is 9.23. The van der Waals surface area contributed by atoms with E-state index in [-0.39, 0.29) is 17.5 Å². The summed E-state index contributed by atoms with van der Waals surface area (Å²) in [4.78, 5) is 37.6.